The number of hydrogen-bond acceptors (Lipinski definition) is 1. The van der Waals surface area contributed by atoms with Gasteiger partial charge in [0.2, 0.25) is 5.91 Å². The van der Waals surface area contributed by atoms with Crippen LogP contribution in [0.4, 0.5) is 10.1 Å². The number of halogens is 1. The fourth-order valence-corrected chi connectivity index (χ4v) is 2.15. The van der Waals surface area contributed by atoms with Crippen molar-refractivity contribution in [1.82, 2.24) is 0 Å². The molecule has 0 fully saturated rings. The van der Waals surface area contributed by atoms with Crippen molar-refractivity contribution >= 4 is 11.6 Å². The van der Waals surface area contributed by atoms with Gasteiger partial charge in [-0.3, -0.25) is 4.79 Å². The molecule has 0 heterocycles. The van der Waals surface area contributed by atoms with Gasteiger partial charge in [0.25, 0.3) is 0 Å². The van der Waals surface area contributed by atoms with Crippen LogP contribution in [0.3, 0.4) is 0 Å². The predicted molar refractivity (Wildman–Crippen MR) is 84.8 cm³/mol. The summed E-state index contributed by atoms with van der Waals surface area (Å²) in [5, 5.41) is 2.91. The highest BCUT2D eigenvalue weighted by molar-refractivity contribution is 5.92. The SMILES string of the molecule is CCCC(=O)Nc1cc(-c2ccc(C)c(F)c2)ccc1C. The minimum Gasteiger partial charge on any atom is -0.326 e. The Hall–Kier alpha value is -2.16. The minimum absolute atomic E-state index is 0.00726. The van der Waals surface area contributed by atoms with Gasteiger partial charge >= 0.3 is 0 Å². The average molecular weight is 285 g/mol. The van der Waals surface area contributed by atoms with Crippen LogP contribution in [0, 0.1) is 19.7 Å². The van der Waals surface area contributed by atoms with Crippen molar-refractivity contribution in [1.29, 1.82) is 0 Å². The molecule has 0 saturated carbocycles. The Bertz CT molecular complexity index is 664. The van der Waals surface area contributed by atoms with E-state index in [9.17, 15) is 9.18 Å². The molecule has 2 aromatic rings. The molecule has 110 valence electrons. The van der Waals surface area contributed by atoms with E-state index in [2.05, 4.69) is 5.32 Å². The molecule has 2 aromatic carbocycles. The average Bonchev–Trinajstić information content (AvgIpc) is 2.44. The Morgan fingerprint density at radius 3 is 2.29 bits per heavy atom. The van der Waals surface area contributed by atoms with Crippen LogP contribution in [0.1, 0.15) is 30.9 Å². The van der Waals surface area contributed by atoms with Crippen LogP contribution in [0.5, 0.6) is 0 Å². The molecule has 0 atom stereocenters. The summed E-state index contributed by atoms with van der Waals surface area (Å²) in [6.45, 7) is 5.66. The normalized spacial score (nSPS) is 10.5. The van der Waals surface area contributed by atoms with Crippen molar-refractivity contribution < 1.29 is 9.18 Å². The first-order valence-electron chi connectivity index (χ1n) is 7.18. The topological polar surface area (TPSA) is 29.1 Å². The van der Waals surface area contributed by atoms with Crippen LogP contribution in [-0.2, 0) is 4.79 Å². The lowest BCUT2D eigenvalue weighted by molar-refractivity contribution is -0.116. The summed E-state index contributed by atoms with van der Waals surface area (Å²) in [6, 6.07) is 11.0. The standard InChI is InChI=1S/C18H20FNO/c1-4-5-18(21)20-17-11-15(9-7-13(17)3)14-8-6-12(2)16(19)10-14/h6-11H,4-5H2,1-3H3,(H,20,21). The van der Waals surface area contributed by atoms with E-state index in [0.29, 0.717) is 12.0 Å². The van der Waals surface area contributed by atoms with E-state index in [1.807, 2.05) is 38.1 Å². The van der Waals surface area contributed by atoms with E-state index in [0.717, 1.165) is 28.8 Å². The molecule has 1 amide bonds. The number of amides is 1. The van der Waals surface area contributed by atoms with Gasteiger partial charge in [-0.15, -0.1) is 0 Å². The van der Waals surface area contributed by atoms with E-state index < -0.39 is 0 Å². The molecule has 0 aliphatic carbocycles. The number of nitrogens with one attached hydrogen (secondary N) is 1. The lowest BCUT2D eigenvalue weighted by Gasteiger charge is -2.11. The Morgan fingerprint density at radius 1 is 1.05 bits per heavy atom. The maximum Gasteiger partial charge on any atom is 0.224 e. The third-order valence-corrected chi connectivity index (χ3v) is 3.49. The molecule has 21 heavy (non-hydrogen) atoms. The molecule has 0 unspecified atom stereocenters. The summed E-state index contributed by atoms with van der Waals surface area (Å²) < 4.78 is 13.7. The first-order valence-corrected chi connectivity index (χ1v) is 7.18. The van der Waals surface area contributed by atoms with Crippen LogP contribution in [0.25, 0.3) is 11.1 Å². The van der Waals surface area contributed by atoms with Crippen molar-refractivity contribution in [3.63, 3.8) is 0 Å². The van der Waals surface area contributed by atoms with Gasteiger partial charge in [0.05, 0.1) is 0 Å². The van der Waals surface area contributed by atoms with Gasteiger partial charge in [-0.1, -0.05) is 31.2 Å². The fourth-order valence-electron chi connectivity index (χ4n) is 2.15. The van der Waals surface area contributed by atoms with Gasteiger partial charge in [0, 0.05) is 12.1 Å². The van der Waals surface area contributed by atoms with Gasteiger partial charge in [-0.25, -0.2) is 4.39 Å². The first-order chi connectivity index (χ1) is 10.0. The number of carbonyl (C=O) groups is 1. The zero-order valence-electron chi connectivity index (χ0n) is 12.7. The van der Waals surface area contributed by atoms with Crippen LogP contribution in [-0.4, -0.2) is 5.91 Å². The van der Waals surface area contributed by atoms with Crippen LogP contribution in [0.15, 0.2) is 36.4 Å². The third-order valence-electron chi connectivity index (χ3n) is 3.49. The second kappa shape index (κ2) is 6.53. The summed E-state index contributed by atoms with van der Waals surface area (Å²) in [6.07, 6.45) is 1.32. The highest BCUT2D eigenvalue weighted by Gasteiger charge is 2.07. The smallest absolute Gasteiger partial charge is 0.224 e. The maximum atomic E-state index is 13.7. The van der Waals surface area contributed by atoms with Crippen LogP contribution >= 0.6 is 0 Å². The zero-order valence-corrected chi connectivity index (χ0v) is 12.7. The van der Waals surface area contributed by atoms with Gasteiger partial charge < -0.3 is 5.32 Å². The minimum atomic E-state index is -0.218. The molecular formula is C18H20FNO. The monoisotopic (exact) mass is 285 g/mol. The first kappa shape index (κ1) is 15.2. The van der Waals surface area contributed by atoms with E-state index in [-0.39, 0.29) is 11.7 Å². The molecule has 2 rings (SSSR count). The quantitative estimate of drug-likeness (QED) is 0.855. The molecule has 0 saturated heterocycles. The predicted octanol–water partition coefficient (Wildman–Crippen LogP) is 4.85. The van der Waals surface area contributed by atoms with Crippen LogP contribution in [0.2, 0.25) is 0 Å². The number of hydrogen-bond donors (Lipinski definition) is 1. The maximum absolute atomic E-state index is 13.7. The van der Waals surface area contributed by atoms with Crippen molar-refractivity contribution in [3.8, 4) is 11.1 Å². The number of rotatable bonds is 4. The Morgan fingerprint density at radius 2 is 1.67 bits per heavy atom. The fraction of sp³-hybridized carbons (Fsp3) is 0.278. The Kier molecular flexibility index (Phi) is 4.73. The lowest BCUT2D eigenvalue weighted by Crippen LogP contribution is -2.11. The zero-order chi connectivity index (χ0) is 15.4. The Labute approximate surface area is 125 Å². The molecule has 0 bridgehead atoms. The number of carbonyl (C=O) groups excluding carboxylic acids is 1. The number of anilines is 1. The third kappa shape index (κ3) is 3.69. The summed E-state index contributed by atoms with van der Waals surface area (Å²) in [4.78, 5) is 11.7. The second-order valence-corrected chi connectivity index (χ2v) is 5.29. The van der Waals surface area contributed by atoms with Crippen molar-refractivity contribution in [2.75, 3.05) is 5.32 Å². The van der Waals surface area contributed by atoms with Gasteiger partial charge in [-0.05, 0) is 54.7 Å². The largest absolute Gasteiger partial charge is 0.326 e. The van der Waals surface area contributed by atoms with Crippen molar-refractivity contribution in [2.24, 2.45) is 0 Å². The van der Waals surface area contributed by atoms with Gasteiger partial charge in [0.1, 0.15) is 5.82 Å². The van der Waals surface area contributed by atoms with Crippen molar-refractivity contribution in [3.05, 3.63) is 53.3 Å². The molecule has 1 N–H and O–H groups in total. The number of benzene rings is 2. The molecule has 0 radical (unpaired) electrons. The van der Waals surface area contributed by atoms with Crippen molar-refractivity contribution in [2.45, 2.75) is 33.6 Å². The highest BCUT2D eigenvalue weighted by atomic mass is 19.1. The van der Waals surface area contributed by atoms with E-state index in [1.54, 1.807) is 13.0 Å². The van der Waals surface area contributed by atoms with E-state index >= 15 is 0 Å². The molecule has 0 spiro atoms. The highest BCUT2D eigenvalue weighted by Crippen LogP contribution is 2.27. The molecular weight excluding hydrogens is 265 g/mol. The molecule has 3 heteroatoms. The summed E-state index contributed by atoms with van der Waals surface area (Å²) >= 11 is 0. The van der Waals surface area contributed by atoms with E-state index in [4.69, 9.17) is 0 Å². The van der Waals surface area contributed by atoms with Crippen LogP contribution < -0.4 is 5.32 Å². The summed E-state index contributed by atoms with van der Waals surface area (Å²) in [5.74, 6) is -0.211. The lowest BCUT2D eigenvalue weighted by atomic mass is 10.0. The number of aryl methyl sites for hydroxylation is 2. The molecule has 0 aliphatic heterocycles. The molecule has 0 aromatic heterocycles. The second-order valence-electron chi connectivity index (χ2n) is 5.29. The molecule has 0 aliphatic rings. The van der Waals surface area contributed by atoms with Gasteiger partial charge in [-0.2, -0.15) is 0 Å². The molecule has 2 nitrogen and oxygen atoms in total. The summed E-state index contributed by atoms with van der Waals surface area (Å²) in [7, 11) is 0. The van der Waals surface area contributed by atoms with Gasteiger partial charge in [0.15, 0.2) is 0 Å². The van der Waals surface area contributed by atoms with E-state index in [1.165, 1.54) is 6.07 Å². The Balaban J connectivity index is 2.33. The summed E-state index contributed by atoms with van der Waals surface area (Å²) in [5.41, 5.74) is 4.11.